The number of nitrogens with zero attached hydrogens (tertiary/aromatic N) is 2. The SMILES string of the molecule is CC(=O)N1CCN(C(=O)c2csc3ccccc23)CCC12CCOCC2. The van der Waals surface area contributed by atoms with Gasteiger partial charge in [-0.25, -0.2) is 0 Å². The highest BCUT2D eigenvalue weighted by molar-refractivity contribution is 7.17. The number of amides is 2. The fourth-order valence-corrected chi connectivity index (χ4v) is 5.26. The van der Waals surface area contributed by atoms with Crippen molar-refractivity contribution in [1.82, 2.24) is 9.80 Å². The van der Waals surface area contributed by atoms with Crippen LogP contribution in [-0.4, -0.2) is 60.0 Å². The third-order valence-electron chi connectivity index (χ3n) is 5.82. The summed E-state index contributed by atoms with van der Waals surface area (Å²) >= 11 is 1.61. The Hall–Kier alpha value is -1.92. The first kappa shape index (κ1) is 17.5. The molecule has 138 valence electrons. The number of hydrogen-bond acceptors (Lipinski definition) is 4. The van der Waals surface area contributed by atoms with E-state index in [9.17, 15) is 9.59 Å². The maximum absolute atomic E-state index is 13.2. The quantitative estimate of drug-likeness (QED) is 0.773. The first-order valence-electron chi connectivity index (χ1n) is 9.22. The molecule has 3 heterocycles. The van der Waals surface area contributed by atoms with Crippen LogP contribution in [0.5, 0.6) is 0 Å². The number of fused-ring (bicyclic) bond motifs is 1. The normalized spacial score (nSPS) is 20.3. The molecule has 6 heteroatoms. The highest BCUT2D eigenvalue weighted by atomic mass is 32.1. The molecule has 26 heavy (non-hydrogen) atoms. The number of rotatable bonds is 1. The summed E-state index contributed by atoms with van der Waals surface area (Å²) in [5.74, 6) is 0.178. The molecule has 1 aromatic heterocycles. The molecule has 1 spiro atoms. The van der Waals surface area contributed by atoms with Crippen LogP contribution in [0.2, 0.25) is 0 Å². The van der Waals surface area contributed by atoms with Crippen molar-refractivity contribution in [3.05, 3.63) is 35.2 Å². The van der Waals surface area contributed by atoms with E-state index in [0.29, 0.717) is 32.8 Å². The number of benzene rings is 1. The van der Waals surface area contributed by atoms with Crippen molar-refractivity contribution in [3.63, 3.8) is 0 Å². The van der Waals surface area contributed by atoms with Crippen LogP contribution in [0.3, 0.4) is 0 Å². The van der Waals surface area contributed by atoms with Crippen LogP contribution in [0, 0.1) is 0 Å². The minimum atomic E-state index is -0.157. The van der Waals surface area contributed by atoms with Crippen LogP contribution in [-0.2, 0) is 9.53 Å². The zero-order valence-electron chi connectivity index (χ0n) is 15.1. The molecule has 0 radical (unpaired) electrons. The lowest BCUT2D eigenvalue weighted by Gasteiger charge is -2.44. The summed E-state index contributed by atoms with van der Waals surface area (Å²) in [5.41, 5.74) is 0.624. The molecule has 2 aromatic rings. The van der Waals surface area contributed by atoms with Crippen molar-refractivity contribution in [2.45, 2.75) is 31.7 Å². The van der Waals surface area contributed by atoms with Gasteiger partial charge in [-0.3, -0.25) is 9.59 Å². The number of ether oxygens (including phenoxy) is 1. The standard InChI is InChI=1S/C20H24N2O3S/c1-15(23)22-11-10-21(9-6-20(22)7-12-25-13-8-20)19(24)17-14-26-18-5-3-2-4-16(17)18/h2-5,14H,6-13H2,1H3. The molecule has 1 aromatic carbocycles. The van der Waals surface area contributed by atoms with Gasteiger partial charge in [0.2, 0.25) is 5.91 Å². The van der Waals surface area contributed by atoms with E-state index < -0.39 is 0 Å². The van der Waals surface area contributed by atoms with Gasteiger partial charge in [0.15, 0.2) is 0 Å². The van der Waals surface area contributed by atoms with E-state index in [1.165, 1.54) is 0 Å². The molecule has 0 N–H and O–H groups in total. The second-order valence-corrected chi connectivity index (χ2v) is 8.11. The van der Waals surface area contributed by atoms with Gasteiger partial charge in [-0.2, -0.15) is 0 Å². The smallest absolute Gasteiger partial charge is 0.255 e. The second kappa shape index (κ2) is 7.00. The van der Waals surface area contributed by atoms with Gasteiger partial charge in [0, 0.05) is 60.8 Å². The largest absolute Gasteiger partial charge is 0.381 e. The van der Waals surface area contributed by atoms with E-state index in [-0.39, 0.29) is 17.4 Å². The average molecular weight is 372 g/mol. The number of carbonyl (C=O) groups excluding carboxylic acids is 2. The maximum Gasteiger partial charge on any atom is 0.255 e. The van der Waals surface area contributed by atoms with E-state index in [0.717, 1.165) is 34.9 Å². The van der Waals surface area contributed by atoms with Crippen molar-refractivity contribution < 1.29 is 14.3 Å². The highest BCUT2D eigenvalue weighted by Crippen LogP contribution is 2.34. The minimum Gasteiger partial charge on any atom is -0.381 e. The fraction of sp³-hybridized carbons (Fsp3) is 0.500. The Kier molecular flexibility index (Phi) is 4.71. The Morgan fingerprint density at radius 2 is 1.85 bits per heavy atom. The third-order valence-corrected chi connectivity index (χ3v) is 6.78. The number of carbonyl (C=O) groups is 2. The van der Waals surface area contributed by atoms with Crippen LogP contribution in [0.4, 0.5) is 0 Å². The van der Waals surface area contributed by atoms with Crippen LogP contribution >= 0.6 is 11.3 Å². The summed E-state index contributed by atoms with van der Waals surface area (Å²) in [6.07, 6.45) is 2.54. The summed E-state index contributed by atoms with van der Waals surface area (Å²) in [6, 6.07) is 8.04. The van der Waals surface area contributed by atoms with E-state index in [1.807, 2.05) is 39.4 Å². The molecule has 2 saturated heterocycles. The van der Waals surface area contributed by atoms with E-state index >= 15 is 0 Å². The van der Waals surface area contributed by atoms with Gasteiger partial charge in [-0.15, -0.1) is 11.3 Å². The molecule has 2 amide bonds. The van der Waals surface area contributed by atoms with Gasteiger partial charge in [-0.1, -0.05) is 18.2 Å². The zero-order chi connectivity index (χ0) is 18.1. The topological polar surface area (TPSA) is 49.9 Å². The molecule has 0 aliphatic carbocycles. The Balaban J connectivity index is 1.59. The predicted octanol–water partition coefficient (Wildman–Crippen LogP) is 3.14. The molecule has 2 fully saturated rings. The van der Waals surface area contributed by atoms with Gasteiger partial charge in [0.1, 0.15) is 0 Å². The molecule has 0 atom stereocenters. The van der Waals surface area contributed by atoms with E-state index in [4.69, 9.17) is 4.74 Å². The lowest BCUT2D eigenvalue weighted by atomic mass is 9.84. The summed E-state index contributed by atoms with van der Waals surface area (Å²) < 4.78 is 6.67. The molecule has 5 nitrogen and oxygen atoms in total. The monoisotopic (exact) mass is 372 g/mol. The number of hydrogen-bond donors (Lipinski definition) is 0. The fourth-order valence-electron chi connectivity index (χ4n) is 4.33. The highest BCUT2D eigenvalue weighted by Gasteiger charge is 2.42. The summed E-state index contributed by atoms with van der Waals surface area (Å²) in [6.45, 7) is 4.89. The van der Waals surface area contributed by atoms with Crippen molar-refractivity contribution in [3.8, 4) is 0 Å². The van der Waals surface area contributed by atoms with E-state index in [1.54, 1.807) is 18.3 Å². The Morgan fingerprint density at radius 1 is 1.08 bits per heavy atom. The Bertz CT molecular complexity index is 825. The van der Waals surface area contributed by atoms with Crippen molar-refractivity contribution >= 4 is 33.2 Å². The summed E-state index contributed by atoms with van der Waals surface area (Å²) in [4.78, 5) is 29.4. The maximum atomic E-state index is 13.2. The second-order valence-electron chi connectivity index (χ2n) is 7.20. The van der Waals surface area contributed by atoms with Gasteiger partial charge in [0.05, 0.1) is 5.56 Å². The Labute approximate surface area is 157 Å². The van der Waals surface area contributed by atoms with Crippen LogP contribution in [0.1, 0.15) is 36.5 Å². The molecular formula is C20H24N2O3S. The molecule has 4 rings (SSSR count). The average Bonchev–Trinajstić information content (AvgIpc) is 3.00. The van der Waals surface area contributed by atoms with E-state index in [2.05, 4.69) is 0 Å². The lowest BCUT2D eigenvalue weighted by molar-refractivity contribution is -0.139. The van der Waals surface area contributed by atoms with Gasteiger partial charge < -0.3 is 14.5 Å². The molecule has 0 saturated carbocycles. The van der Waals surface area contributed by atoms with Crippen LogP contribution in [0.15, 0.2) is 29.6 Å². The zero-order valence-corrected chi connectivity index (χ0v) is 15.9. The molecule has 2 aliphatic rings. The molecule has 2 aliphatic heterocycles. The molecule has 0 unspecified atom stereocenters. The Morgan fingerprint density at radius 3 is 2.62 bits per heavy atom. The van der Waals surface area contributed by atoms with Crippen LogP contribution in [0.25, 0.3) is 10.1 Å². The van der Waals surface area contributed by atoms with Crippen molar-refractivity contribution in [2.75, 3.05) is 32.8 Å². The van der Waals surface area contributed by atoms with Crippen LogP contribution < -0.4 is 0 Å². The van der Waals surface area contributed by atoms with Gasteiger partial charge in [0.25, 0.3) is 5.91 Å². The van der Waals surface area contributed by atoms with Crippen molar-refractivity contribution in [1.29, 1.82) is 0 Å². The predicted molar refractivity (Wildman–Crippen MR) is 103 cm³/mol. The lowest BCUT2D eigenvalue weighted by Crippen LogP contribution is -2.54. The minimum absolute atomic E-state index is 0.0788. The number of thiophene rings is 1. The summed E-state index contributed by atoms with van der Waals surface area (Å²) in [5, 5.41) is 2.99. The molecular weight excluding hydrogens is 348 g/mol. The summed E-state index contributed by atoms with van der Waals surface area (Å²) in [7, 11) is 0. The first-order chi connectivity index (χ1) is 12.6. The van der Waals surface area contributed by atoms with Crippen molar-refractivity contribution in [2.24, 2.45) is 0 Å². The van der Waals surface area contributed by atoms with Gasteiger partial charge >= 0.3 is 0 Å². The third kappa shape index (κ3) is 3.01. The molecule has 0 bridgehead atoms. The van der Waals surface area contributed by atoms with Gasteiger partial charge in [-0.05, 0) is 25.3 Å². The first-order valence-corrected chi connectivity index (χ1v) is 10.1.